The summed E-state index contributed by atoms with van der Waals surface area (Å²) in [7, 11) is 1.76. The van der Waals surface area contributed by atoms with E-state index in [0.29, 0.717) is 17.5 Å². The second-order valence-electron chi connectivity index (χ2n) is 5.39. The number of nitrogens with zero attached hydrogens (tertiary/aromatic N) is 1. The summed E-state index contributed by atoms with van der Waals surface area (Å²) in [6.07, 6.45) is -3.55. The van der Waals surface area contributed by atoms with Gasteiger partial charge in [-0.1, -0.05) is 6.92 Å². The monoisotopic (exact) mass is 287 g/mol. The van der Waals surface area contributed by atoms with Gasteiger partial charge in [0.1, 0.15) is 0 Å². The summed E-state index contributed by atoms with van der Waals surface area (Å²) >= 11 is 0. The fourth-order valence-corrected chi connectivity index (χ4v) is 2.30. The third-order valence-corrected chi connectivity index (χ3v) is 3.76. The summed E-state index contributed by atoms with van der Waals surface area (Å²) in [5.74, 6) is -0.395. The predicted octanol–water partition coefficient (Wildman–Crippen LogP) is 3.50. The van der Waals surface area contributed by atoms with Crippen LogP contribution in [0, 0.1) is 11.8 Å². The van der Waals surface area contributed by atoms with E-state index in [2.05, 4.69) is 6.92 Å². The molecule has 1 N–H and O–H groups in total. The highest BCUT2D eigenvalue weighted by Gasteiger charge is 2.36. The number of carboxylic acid groups (broad SMARTS) is 1. The Labute approximate surface area is 115 Å². The molecule has 0 amide bonds. The molecule has 20 heavy (non-hydrogen) atoms. The Morgan fingerprint density at radius 1 is 1.45 bits per heavy atom. The number of alkyl halides is 3. The number of hydrogen-bond donors (Lipinski definition) is 1. The summed E-state index contributed by atoms with van der Waals surface area (Å²) in [5.41, 5.74) is -1.32. The summed E-state index contributed by atoms with van der Waals surface area (Å²) in [4.78, 5) is 12.8. The smallest absolute Gasteiger partial charge is 0.417 e. The molecule has 0 spiro atoms. The van der Waals surface area contributed by atoms with Crippen molar-refractivity contribution in [3.8, 4) is 0 Å². The van der Waals surface area contributed by atoms with Crippen LogP contribution in [0.3, 0.4) is 0 Å². The zero-order valence-electron chi connectivity index (χ0n) is 11.2. The molecule has 1 aliphatic rings. The lowest BCUT2D eigenvalue weighted by Gasteiger charge is -2.21. The maximum absolute atomic E-state index is 12.7. The zero-order chi connectivity index (χ0) is 15.1. The van der Waals surface area contributed by atoms with E-state index in [4.69, 9.17) is 5.11 Å². The summed E-state index contributed by atoms with van der Waals surface area (Å²) < 4.78 is 38.2. The fourth-order valence-electron chi connectivity index (χ4n) is 2.30. The Hall–Kier alpha value is -1.72. The van der Waals surface area contributed by atoms with E-state index in [0.717, 1.165) is 25.1 Å². The first-order valence-electron chi connectivity index (χ1n) is 6.36. The highest BCUT2D eigenvalue weighted by Crippen LogP contribution is 2.39. The molecule has 3 nitrogen and oxygen atoms in total. The van der Waals surface area contributed by atoms with Gasteiger partial charge < -0.3 is 10.0 Å². The van der Waals surface area contributed by atoms with Gasteiger partial charge in [-0.15, -0.1) is 0 Å². The van der Waals surface area contributed by atoms with Crippen LogP contribution in [0.15, 0.2) is 18.2 Å². The van der Waals surface area contributed by atoms with Crippen molar-refractivity contribution in [3.63, 3.8) is 0 Å². The zero-order valence-corrected chi connectivity index (χ0v) is 11.2. The molecule has 0 radical (unpaired) electrons. The van der Waals surface area contributed by atoms with E-state index in [1.807, 2.05) is 0 Å². The molecule has 0 aliphatic heterocycles. The third-order valence-electron chi connectivity index (χ3n) is 3.76. The molecule has 0 bridgehead atoms. The van der Waals surface area contributed by atoms with Crippen molar-refractivity contribution < 1.29 is 23.1 Å². The number of rotatable bonds is 4. The lowest BCUT2D eigenvalue weighted by Crippen LogP contribution is -2.22. The minimum Gasteiger partial charge on any atom is -0.478 e. The highest BCUT2D eigenvalue weighted by atomic mass is 19.4. The first-order chi connectivity index (χ1) is 9.20. The first kappa shape index (κ1) is 14.7. The second kappa shape index (κ2) is 5.00. The van der Waals surface area contributed by atoms with Gasteiger partial charge in [-0.3, -0.25) is 0 Å². The summed E-state index contributed by atoms with van der Waals surface area (Å²) in [6, 6.07) is 3.26. The van der Waals surface area contributed by atoms with E-state index in [-0.39, 0.29) is 0 Å². The molecule has 0 aromatic heterocycles. The maximum atomic E-state index is 12.7. The van der Waals surface area contributed by atoms with Crippen molar-refractivity contribution in [3.05, 3.63) is 29.3 Å². The van der Waals surface area contributed by atoms with Gasteiger partial charge in [0, 0.05) is 19.3 Å². The molecule has 6 heteroatoms. The average Bonchev–Trinajstić information content (AvgIpc) is 3.02. The molecule has 2 unspecified atom stereocenters. The lowest BCUT2D eigenvalue weighted by molar-refractivity contribution is -0.138. The Morgan fingerprint density at radius 3 is 2.50 bits per heavy atom. The molecular weight excluding hydrogens is 271 g/mol. The quantitative estimate of drug-likeness (QED) is 0.921. The number of hydrogen-bond acceptors (Lipinski definition) is 2. The largest absolute Gasteiger partial charge is 0.478 e. The SMILES string of the molecule is CC1CC1CN(C)c1ccc(C(F)(F)F)c(C(=O)O)c1. The van der Waals surface area contributed by atoms with Crippen molar-refractivity contribution in [2.45, 2.75) is 19.5 Å². The molecule has 0 heterocycles. The molecule has 2 rings (SSSR count). The van der Waals surface area contributed by atoms with Gasteiger partial charge in [0.2, 0.25) is 0 Å². The molecule has 1 fully saturated rings. The van der Waals surface area contributed by atoms with Crippen LogP contribution in [0.25, 0.3) is 0 Å². The Bertz CT molecular complexity index is 528. The number of carbonyl (C=O) groups is 1. The van der Waals surface area contributed by atoms with Crippen molar-refractivity contribution in [1.29, 1.82) is 0 Å². The van der Waals surface area contributed by atoms with E-state index in [1.54, 1.807) is 11.9 Å². The van der Waals surface area contributed by atoms with Crippen LogP contribution < -0.4 is 4.90 Å². The van der Waals surface area contributed by atoms with Gasteiger partial charge in [0.05, 0.1) is 11.1 Å². The van der Waals surface area contributed by atoms with Crippen LogP contribution in [-0.4, -0.2) is 24.7 Å². The fraction of sp³-hybridized carbons (Fsp3) is 0.500. The van der Waals surface area contributed by atoms with Crippen LogP contribution in [0.4, 0.5) is 18.9 Å². The van der Waals surface area contributed by atoms with Crippen LogP contribution in [0.5, 0.6) is 0 Å². The molecule has 1 aromatic rings. The Balaban J connectivity index is 2.27. The van der Waals surface area contributed by atoms with Crippen molar-refractivity contribution >= 4 is 11.7 Å². The predicted molar refractivity (Wildman–Crippen MR) is 68.9 cm³/mol. The number of benzene rings is 1. The number of halogens is 3. The lowest BCUT2D eigenvalue weighted by atomic mass is 10.1. The third kappa shape index (κ3) is 3.05. The normalized spacial score (nSPS) is 21.6. The van der Waals surface area contributed by atoms with Gasteiger partial charge in [-0.05, 0) is 36.5 Å². The van der Waals surface area contributed by atoms with E-state index >= 15 is 0 Å². The van der Waals surface area contributed by atoms with Crippen LogP contribution >= 0.6 is 0 Å². The Morgan fingerprint density at radius 2 is 2.05 bits per heavy atom. The van der Waals surface area contributed by atoms with E-state index in [1.165, 1.54) is 6.07 Å². The van der Waals surface area contributed by atoms with Crippen molar-refractivity contribution in [1.82, 2.24) is 0 Å². The van der Waals surface area contributed by atoms with E-state index < -0.39 is 23.3 Å². The van der Waals surface area contributed by atoms with E-state index in [9.17, 15) is 18.0 Å². The van der Waals surface area contributed by atoms with Gasteiger partial charge in [-0.2, -0.15) is 13.2 Å². The Kier molecular flexibility index (Phi) is 3.67. The van der Waals surface area contributed by atoms with Crippen LogP contribution in [0.2, 0.25) is 0 Å². The molecule has 1 saturated carbocycles. The van der Waals surface area contributed by atoms with Gasteiger partial charge >= 0.3 is 12.1 Å². The standard InChI is InChI=1S/C14H16F3NO2/c1-8-5-9(8)7-18(2)10-3-4-12(14(15,16)17)11(6-10)13(19)20/h3-4,6,8-9H,5,7H2,1-2H3,(H,19,20). The maximum Gasteiger partial charge on any atom is 0.417 e. The molecule has 1 aliphatic carbocycles. The first-order valence-corrected chi connectivity index (χ1v) is 6.36. The molecule has 2 atom stereocenters. The second-order valence-corrected chi connectivity index (χ2v) is 5.39. The molecule has 0 saturated heterocycles. The van der Waals surface area contributed by atoms with Gasteiger partial charge in [-0.25, -0.2) is 4.79 Å². The minimum absolute atomic E-state index is 0.495. The number of carboxylic acids is 1. The summed E-state index contributed by atoms with van der Waals surface area (Å²) in [5, 5.41) is 8.95. The topological polar surface area (TPSA) is 40.5 Å². The average molecular weight is 287 g/mol. The van der Waals surface area contributed by atoms with Crippen molar-refractivity contribution in [2.24, 2.45) is 11.8 Å². The minimum atomic E-state index is -4.66. The molecule has 1 aromatic carbocycles. The number of anilines is 1. The molecular formula is C14H16F3NO2. The van der Waals surface area contributed by atoms with Crippen LogP contribution in [0.1, 0.15) is 29.3 Å². The van der Waals surface area contributed by atoms with Crippen LogP contribution in [-0.2, 0) is 6.18 Å². The summed E-state index contributed by atoms with van der Waals surface area (Å²) in [6.45, 7) is 2.85. The number of aromatic carboxylic acids is 1. The van der Waals surface area contributed by atoms with Gasteiger partial charge in [0.25, 0.3) is 0 Å². The highest BCUT2D eigenvalue weighted by molar-refractivity contribution is 5.91. The van der Waals surface area contributed by atoms with Crippen molar-refractivity contribution in [2.75, 3.05) is 18.5 Å². The molecule has 110 valence electrons. The van der Waals surface area contributed by atoms with Gasteiger partial charge in [0.15, 0.2) is 0 Å².